The van der Waals surface area contributed by atoms with Crippen LogP contribution in [0.2, 0.25) is 5.02 Å². The minimum absolute atomic E-state index is 0.0413. The zero-order chi connectivity index (χ0) is 21.5. The zero-order valence-corrected chi connectivity index (χ0v) is 19.0. The van der Waals surface area contributed by atoms with Gasteiger partial charge in [0.2, 0.25) is 11.8 Å². The van der Waals surface area contributed by atoms with Gasteiger partial charge in [-0.2, -0.15) is 0 Å². The van der Waals surface area contributed by atoms with Gasteiger partial charge in [0, 0.05) is 36.5 Å². The normalized spacial score (nSPS) is 16.4. The molecule has 1 atom stereocenters. The van der Waals surface area contributed by atoms with E-state index in [4.69, 9.17) is 16.3 Å². The van der Waals surface area contributed by atoms with E-state index in [-0.39, 0.29) is 11.8 Å². The summed E-state index contributed by atoms with van der Waals surface area (Å²) >= 11 is 7.72. The van der Waals surface area contributed by atoms with E-state index in [1.807, 2.05) is 17.3 Å². The summed E-state index contributed by atoms with van der Waals surface area (Å²) in [6.45, 7) is 3.54. The lowest BCUT2D eigenvalue weighted by Crippen LogP contribution is -2.40. The monoisotopic (exact) mass is 449 g/mol. The number of halogens is 1. The van der Waals surface area contributed by atoms with Gasteiger partial charge in [0.05, 0.1) is 23.3 Å². The van der Waals surface area contributed by atoms with Crippen molar-refractivity contribution < 1.29 is 14.3 Å². The average Bonchev–Trinajstić information content (AvgIpc) is 3.15. The molecule has 1 aromatic carbocycles. The first-order valence-electron chi connectivity index (χ1n) is 10.3. The predicted molar refractivity (Wildman–Crippen MR) is 120 cm³/mol. The molecule has 0 aliphatic carbocycles. The Hall–Kier alpha value is -2.12. The molecular weight excluding hydrogens is 422 g/mol. The first kappa shape index (κ1) is 22.6. The molecule has 2 heterocycles. The van der Waals surface area contributed by atoms with Gasteiger partial charge in [-0.25, -0.2) is 4.98 Å². The molecule has 1 aromatic heterocycles. The number of amides is 2. The predicted octanol–water partition coefficient (Wildman–Crippen LogP) is 4.70. The van der Waals surface area contributed by atoms with Crippen LogP contribution in [-0.4, -0.2) is 41.9 Å². The van der Waals surface area contributed by atoms with Gasteiger partial charge in [-0.05, 0) is 56.7 Å². The topological polar surface area (TPSA) is 71.5 Å². The van der Waals surface area contributed by atoms with E-state index in [0.717, 1.165) is 44.5 Å². The van der Waals surface area contributed by atoms with E-state index < -0.39 is 0 Å². The molecule has 8 heteroatoms. The molecule has 1 N–H and O–H groups in total. The highest BCUT2D eigenvalue weighted by Gasteiger charge is 2.24. The zero-order valence-electron chi connectivity index (χ0n) is 17.4. The second kappa shape index (κ2) is 10.8. The summed E-state index contributed by atoms with van der Waals surface area (Å²) in [6, 6.07) is 5.19. The standard InChI is InChI=1S/C22H28ClN3O3S/c1-15-20(30-14-24-15)8-10-22(28)26-11-3-4-16(13-26)5-9-21(27)25-17-6-7-19(29-2)18(23)12-17/h6-7,12,14,16H,3-5,8-11,13H2,1-2H3,(H,25,27). The SMILES string of the molecule is COc1ccc(NC(=O)CCC2CCCN(C(=O)CCc3scnc3C)C2)cc1Cl. The molecule has 1 saturated heterocycles. The summed E-state index contributed by atoms with van der Waals surface area (Å²) in [4.78, 5) is 32.3. The number of anilines is 1. The average molecular weight is 450 g/mol. The van der Waals surface area contributed by atoms with Crippen molar-refractivity contribution >= 4 is 40.4 Å². The molecule has 162 valence electrons. The van der Waals surface area contributed by atoms with E-state index in [1.54, 1.807) is 36.6 Å². The fourth-order valence-corrected chi connectivity index (χ4v) is 4.81. The van der Waals surface area contributed by atoms with E-state index >= 15 is 0 Å². The fourth-order valence-electron chi connectivity index (χ4n) is 3.77. The molecule has 3 rings (SSSR count). The van der Waals surface area contributed by atoms with Gasteiger partial charge in [-0.3, -0.25) is 9.59 Å². The number of hydrogen-bond acceptors (Lipinski definition) is 5. The molecular formula is C22H28ClN3O3S. The number of nitrogens with zero attached hydrogens (tertiary/aromatic N) is 2. The van der Waals surface area contributed by atoms with E-state index in [1.165, 1.54) is 4.88 Å². The summed E-state index contributed by atoms with van der Waals surface area (Å²) in [7, 11) is 1.55. The first-order valence-corrected chi connectivity index (χ1v) is 11.5. The molecule has 1 aliphatic rings. The number of methoxy groups -OCH3 is 1. The number of ether oxygens (including phenoxy) is 1. The first-order chi connectivity index (χ1) is 14.5. The van der Waals surface area contributed by atoms with Crippen LogP contribution >= 0.6 is 22.9 Å². The number of likely N-dealkylation sites (tertiary alicyclic amines) is 1. The Kier molecular flexibility index (Phi) is 8.10. The Bertz CT molecular complexity index is 886. The summed E-state index contributed by atoms with van der Waals surface area (Å²) in [6.07, 6.45) is 4.52. The highest BCUT2D eigenvalue weighted by atomic mass is 35.5. The van der Waals surface area contributed by atoms with Crippen LogP contribution in [0.25, 0.3) is 0 Å². The van der Waals surface area contributed by atoms with Crippen LogP contribution < -0.4 is 10.1 Å². The lowest BCUT2D eigenvalue weighted by Gasteiger charge is -2.33. The van der Waals surface area contributed by atoms with Crippen molar-refractivity contribution in [1.82, 2.24) is 9.88 Å². The van der Waals surface area contributed by atoms with Crippen LogP contribution in [0.15, 0.2) is 23.7 Å². The Labute approximate surface area is 186 Å². The molecule has 30 heavy (non-hydrogen) atoms. The number of nitrogens with one attached hydrogen (secondary N) is 1. The molecule has 1 unspecified atom stereocenters. The molecule has 1 aliphatic heterocycles. The Morgan fingerprint density at radius 3 is 2.90 bits per heavy atom. The van der Waals surface area contributed by atoms with Crippen molar-refractivity contribution in [2.24, 2.45) is 5.92 Å². The molecule has 6 nitrogen and oxygen atoms in total. The highest BCUT2D eigenvalue weighted by molar-refractivity contribution is 7.09. The van der Waals surface area contributed by atoms with Gasteiger partial charge in [-0.1, -0.05) is 11.6 Å². The molecule has 2 amide bonds. The van der Waals surface area contributed by atoms with Gasteiger partial charge >= 0.3 is 0 Å². The van der Waals surface area contributed by atoms with Crippen LogP contribution in [-0.2, 0) is 16.0 Å². The lowest BCUT2D eigenvalue weighted by molar-refractivity contribution is -0.133. The summed E-state index contributed by atoms with van der Waals surface area (Å²) in [5, 5.41) is 3.35. The van der Waals surface area contributed by atoms with E-state index in [0.29, 0.717) is 35.2 Å². The molecule has 1 fully saturated rings. The van der Waals surface area contributed by atoms with Crippen molar-refractivity contribution in [3.8, 4) is 5.75 Å². The quantitative estimate of drug-likeness (QED) is 0.633. The minimum atomic E-state index is -0.0413. The number of aromatic nitrogens is 1. The third-order valence-electron chi connectivity index (χ3n) is 5.50. The van der Waals surface area contributed by atoms with Crippen LogP contribution in [0.4, 0.5) is 5.69 Å². The van der Waals surface area contributed by atoms with Crippen LogP contribution in [0.5, 0.6) is 5.75 Å². The number of carbonyl (C=O) groups is 2. The third kappa shape index (κ3) is 6.19. The number of piperidine rings is 1. The smallest absolute Gasteiger partial charge is 0.224 e. The van der Waals surface area contributed by atoms with Crippen molar-refractivity contribution in [1.29, 1.82) is 0 Å². The Morgan fingerprint density at radius 1 is 1.37 bits per heavy atom. The number of hydrogen-bond donors (Lipinski definition) is 1. The lowest BCUT2D eigenvalue weighted by atomic mass is 9.93. The largest absolute Gasteiger partial charge is 0.495 e. The fraction of sp³-hybridized carbons (Fsp3) is 0.500. The van der Waals surface area contributed by atoms with E-state index in [2.05, 4.69) is 10.3 Å². The molecule has 0 radical (unpaired) electrons. The third-order valence-corrected chi connectivity index (χ3v) is 6.79. The van der Waals surface area contributed by atoms with Crippen LogP contribution in [0, 0.1) is 12.8 Å². The number of carbonyl (C=O) groups excluding carboxylic acids is 2. The number of benzene rings is 1. The molecule has 0 saturated carbocycles. The van der Waals surface area contributed by atoms with Crippen LogP contribution in [0.3, 0.4) is 0 Å². The second-order valence-electron chi connectivity index (χ2n) is 7.65. The molecule has 0 bridgehead atoms. The highest BCUT2D eigenvalue weighted by Crippen LogP contribution is 2.28. The number of thiazole rings is 1. The van der Waals surface area contributed by atoms with Crippen molar-refractivity contribution in [3.05, 3.63) is 39.3 Å². The number of aryl methyl sites for hydroxylation is 2. The van der Waals surface area contributed by atoms with Gasteiger partial charge < -0.3 is 15.0 Å². The van der Waals surface area contributed by atoms with Gasteiger partial charge in [-0.15, -0.1) is 11.3 Å². The van der Waals surface area contributed by atoms with Crippen molar-refractivity contribution in [2.75, 3.05) is 25.5 Å². The number of rotatable bonds is 8. The summed E-state index contributed by atoms with van der Waals surface area (Å²) < 4.78 is 5.13. The maximum absolute atomic E-state index is 12.6. The van der Waals surface area contributed by atoms with Crippen molar-refractivity contribution in [3.63, 3.8) is 0 Å². The van der Waals surface area contributed by atoms with Crippen molar-refractivity contribution in [2.45, 2.75) is 45.4 Å². The van der Waals surface area contributed by atoms with Crippen LogP contribution in [0.1, 0.15) is 42.7 Å². The molecule has 0 spiro atoms. The summed E-state index contributed by atoms with van der Waals surface area (Å²) in [5.41, 5.74) is 3.51. The van der Waals surface area contributed by atoms with E-state index in [9.17, 15) is 9.59 Å². The van der Waals surface area contributed by atoms with Gasteiger partial charge in [0.1, 0.15) is 5.75 Å². The second-order valence-corrected chi connectivity index (χ2v) is 8.99. The maximum atomic E-state index is 12.6. The maximum Gasteiger partial charge on any atom is 0.224 e. The minimum Gasteiger partial charge on any atom is -0.495 e. The van der Waals surface area contributed by atoms with Gasteiger partial charge in [0.15, 0.2) is 0 Å². The van der Waals surface area contributed by atoms with Gasteiger partial charge in [0.25, 0.3) is 0 Å². The Balaban J connectivity index is 1.43. The molecule has 2 aromatic rings. The summed E-state index contributed by atoms with van der Waals surface area (Å²) in [5.74, 6) is 1.09. The Morgan fingerprint density at radius 2 is 2.20 bits per heavy atom.